The van der Waals surface area contributed by atoms with Crippen LogP contribution in [0.25, 0.3) is 0 Å². The molecule has 2 saturated carbocycles. The molecule has 2 aromatic heterocycles. The summed E-state index contributed by atoms with van der Waals surface area (Å²) in [6.45, 7) is 2.64. The van der Waals surface area contributed by atoms with Gasteiger partial charge in [-0.25, -0.2) is 15.0 Å². The van der Waals surface area contributed by atoms with Crippen molar-refractivity contribution < 1.29 is 5.11 Å². The first-order valence-corrected chi connectivity index (χ1v) is 7.97. The van der Waals surface area contributed by atoms with E-state index >= 15 is 0 Å². The van der Waals surface area contributed by atoms with Gasteiger partial charge in [0.1, 0.15) is 11.6 Å². The maximum Gasteiger partial charge on any atom is 0.130 e. The van der Waals surface area contributed by atoms with Crippen LogP contribution in [0.4, 0.5) is 5.82 Å². The van der Waals surface area contributed by atoms with Crippen LogP contribution >= 0.6 is 0 Å². The first kappa shape index (κ1) is 13.7. The zero-order chi connectivity index (χ0) is 15.1. The third-order valence-electron chi connectivity index (χ3n) is 4.53. The van der Waals surface area contributed by atoms with E-state index in [4.69, 9.17) is 0 Å². The zero-order valence-electron chi connectivity index (χ0n) is 12.7. The Bertz CT molecular complexity index is 673. The highest BCUT2D eigenvalue weighted by molar-refractivity contribution is 5.38. The van der Waals surface area contributed by atoms with Crippen LogP contribution in [0, 0.1) is 6.92 Å². The lowest BCUT2D eigenvalue weighted by Crippen LogP contribution is -2.27. The first-order valence-electron chi connectivity index (χ1n) is 7.97. The molecule has 2 N–H and O–H groups in total. The van der Waals surface area contributed by atoms with Crippen molar-refractivity contribution in [3.05, 3.63) is 35.8 Å². The number of hydrogen-bond donors (Lipinski definition) is 2. The Balaban J connectivity index is 1.47. The molecule has 2 heterocycles. The van der Waals surface area contributed by atoms with Crippen LogP contribution in [0.5, 0.6) is 0 Å². The number of aromatic nitrogens is 4. The Kier molecular flexibility index (Phi) is 3.33. The first-order chi connectivity index (χ1) is 10.7. The van der Waals surface area contributed by atoms with Crippen molar-refractivity contribution in [3.63, 3.8) is 0 Å². The van der Waals surface area contributed by atoms with Crippen LogP contribution in [0.15, 0.2) is 18.6 Å². The molecule has 22 heavy (non-hydrogen) atoms. The number of imidazole rings is 1. The van der Waals surface area contributed by atoms with Crippen molar-refractivity contribution in [2.45, 2.75) is 57.2 Å². The van der Waals surface area contributed by atoms with Crippen molar-refractivity contribution in [1.82, 2.24) is 19.5 Å². The Morgan fingerprint density at radius 2 is 2.14 bits per heavy atom. The number of nitrogens with one attached hydrogen (secondary N) is 1. The fourth-order valence-electron chi connectivity index (χ4n) is 3.05. The Hall–Kier alpha value is -1.95. The van der Waals surface area contributed by atoms with Crippen molar-refractivity contribution >= 4 is 5.82 Å². The van der Waals surface area contributed by atoms with Gasteiger partial charge in [-0.15, -0.1) is 0 Å². The monoisotopic (exact) mass is 299 g/mol. The summed E-state index contributed by atoms with van der Waals surface area (Å²) in [6.07, 6.45) is 7.80. The molecule has 0 saturated heterocycles. The molecule has 0 aromatic carbocycles. The van der Waals surface area contributed by atoms with E-state index in [0.29, 0.717) is 12.0 Å². The highest BCUT2D eigenvalue weighted by Crippen LogP contribution is 2.37. The second-order valence-electron chi connectivity index (χ2n) is 6.42. The molecule has 2 aromatic rings. The van der Waals surface area contributed by atoms with Crippen LogP contribution in [0.3, 0.4) is 0 Å². The minimum atomic E-state index is -0.162. The lowest BCUT2D eigenvalue weighted by Gasteiger charge is -2.31. The molecule has 116 valence electrons. The summed E-state index contributed by atoms with van der Waals surface area (Å²) in [5.74, 6) is 2.00. The molecular weight excluding hydrogens is 278 g/mol. The number of hydrogen-bond acceptors (Lipinski definition) is 5. The average molecular weight is 299 g/mol. The minimum absolute atomic E-state index is 0.162. The predicted molar refractivity (Wildman–Crippen MR) is 82.6 cm³/mol. The van der Waals surface area contributed by atoms with E-state index in [1.54, 1.807) is 0 Å². The molecule has 6 heteroatoms. The maximum absolute atomic E-state index is 9.47. The van der Waals surface area contributed by atoms with Crippen LogP contribution in [0.1, 0.15) is 54.9 Å². The maximum atomic E-state index is 9.47. The third kappa shape index (κ3) is 2.70. The standard InChI is InChI=1S/C16H21N5O/c1-10-19-15(11-4-14(22)5-11)6-16(20-10)18-8-13-7-17-9-21(13)12-2-3-12/h6-7,9,11-12,14,22H,2-5,8H2,1H3,(H,18,19,20). The van der Waals surface area contributed by atoms with Crippen LogP contribution < -0.4 is 5.32 Å². The third-order valence-corrected chi connectivity index (χ3v) is 4.53. The molecule has 2 aliphatic carbocycles. The summed E-state index contributed by atoms with van der Waals surface area (Å²) >= 11 is 0. The van der Waals surface area contributed by atoms with E-state index in [1.807, 2.05) is 25.5 Å². The fourth-order valence-corrected chi connectivity index (χ4v) is 3.05. The van der Waals surface area contributed by atoms with Gasteiger partial charge in [-0.05, 0) is 32.6 Å². The number of nitrogens with zero attached hydrogens (tertiary/aromatic N) is 4. The largest absolute Gasteiger partial charge is 0.393 e. The number of aryl methyl sites for hydroxylation is 1. The van der Waals surface area contributed by atoms with E-state index in [1.165, 1.54) is 18.5 Å². The van der Waals surface area contributed by atoms with Gasteiger partial charge in [0.05, 0.1) is 24.7 Å². The van der Waals surface area contributed by atoms with E-state index in [2.05, 4.69) is 24.8 Å². The van der Waals surface area contributed by atoms with Gasteiger partial charge in [-0.2, -0.15) is 0 Å². The lowest BCUT2D eigenvalue weighted by molar-refractivity contribution is 0.0731. The molecule has 0 unspecified atom stereocenters. The average Bonchev–Trinajstić information content (AvgIpc) is 3.20. The zero-order valence-corrected chi connectivity index (χ0v) is 12.7. The quantitative estimate of drug-likeness (QED) is 0.885. The molecule has 0 bridgehead atoms. The SMILES string of the molecule is Cc1nc(NCc2cncn2C2CC2)cc(C2CC(O)C2)n1. The van der Waals surface area contributed by atoms with E-state index in [0.717, 1.165) is 36.7 Å². The van der Waals surface area contributed by atoms with E-state index < -0.39 is 0 Å². The van der Waals surface area contributed by atoms with Crippen LogP contribution in [-0.2, 0) is 6.54 Å². The molecule has 4 rings (SSSR count). The Morgan fingerprint density at radius 1 is 1.32 bits per heavy atom. The van der Waals surface area contributed by atoms with Crippen molar-refractivity contribution in [1.29, 1.82) is 0 Å². The lowest BCUT2D eigenvalue weighted by atomic mass is 9.80. The van der Waals surface area contributed by atoms with Crippen LogP contribution in [-0.4, -0.2) is 30.7 Å². The normalized spacial score (nSPS) is 24.1. The summed E-state index contributed by atoms with van der Waals surface area (Å²) in [5, 5.41) is 12.9. The predicted octanol–water partition coefficient (Wildman–Crippen LogP) is 2.17. The summed E-state index contributed by atoms with van der Waals surface area (Å²) in [6, 6.07) is 2.65. The van der Waals surface area contributed by atoms with Crippen LogP contribution in [0.2, 0.25) is 0 Å². The Labute approximate surface area is 129 Å². The van der Waals surface area contributed by atoms with Crippen molar-refractivity contribution in [2.24, 2.45) is 0 Å². The molecule has 6 nitrogen and oxygen atoms in total. The second kappa shape index (κ2) is 5.35. The topological polar surface area (TPSA) is 75.9 Å². The van der Waals surface area contributed by atoms with E-state index in [-0.39, 0.29) is 6.10 Å². The number of anilines is 1. The summed E-state index contributed by atoms with van der Waals surface area (Å²) in [5.41, 5.74) is 2.23. The second-order valence-corrected chi connectivity index (χ2v) is 6.42. The fraction of sp³-hybridized carbons (Fsp3) is 0.562. The molecular formula is C16H21N5O. The summed E-state index contributed by atoms with van der Waals surface area (Å²) < 4.78 is 2.25. The molecule has 2 fully saturated rings. The van der Waals surface area contributed by atoms with Gasteiger partial charge < -0.3 is 15.0 Å². The van der Waals surface area contributed by atoms with Gasteiger partial charge in [0.2, 0.25) is 0 Å². The molecule has 0 spiro atoms. The van der Waals surface area contributed by atoms with Gasteiger partial charge in [-0.3, -0.25) is 0 Å². The minimum Gasteiger partial charge on any atom is -0.393 e. The molecule has 0 atom stereocenters. The molecule has 0 radical (unpaired) electrons. The van der Waals surface area contributed by atoms with Crippen molar-refractivity contribution in [2.75, 3.05) is 5.32 Å². The van der Waals surface area contributed by atoms with Gasteiger partial charge in [0.15, 0.2) is 0 Å². The number of rotatable bonds is 5. The highest BCUT2D eigenvalue weighted by Gasteiger charge is 2.30. The number of aliphatic hydroxyl groups is 1. The van der Waals surface area contributed by atoms with Gasteiger partial charge in [0.25, 0.3) is 0 Å². The molecule has 0 aliphatic heterocycles. The number of aliphatic hydroxyl groups excluding tert-OH is 1. The summed E-state index contributed by atoms with van der Waals surface area (Å²) in [4.78, 5) is 13.2. The molecule has 0 amide bonds. The van der Waals surface area contributed by atoms with Gasteiger partial charge in [0, 0.05) is 29.9 Å². The van der Waals surface area contributed by atoms with Gasteiger partial charge in [-0.1, -0.05) is 0 Å². The van der Waals surface area contributed by atoms with E-state index in [9.17, 15) is 5.11 Å². The summed E-state index contributed by atoms with van der Waals surface area (Å²) in [7, 11) is 0. The molecule has 2 aliphatic rings. The van der Waals surface area contributed by atoms with Gasteiger partial charge >= 0.3 is 0 Å². The Morgan fingerprint density at radius 3 is 2.86 bits per heavy atom. The van der Waals surface area contributed by atoms with Crippen molar-refractivity contribution in [3.8, 4) is 0 Å². The highest BCUT2D eigenvalue weighted by atomic mass is 16.3. The smallest absolute Gasteiger partial charge is 0.130 e.